The number of carbonyl (C=O) groups excluding carboxylic acids is 1. The second-order valence-corrected chi connectivity index (χ2v) is 9.87. The van der Waals surface area contributed by atoms with Crippen LogP contribution >= 0.6 is 35.1 Å². The monoisotopic (exact) mass is 490 g/mol. The highest BCUT2D eigenvalue weighted by molar-refractivity contribution is 7.23. The largest absolute Gasteiger partial charge is 0.308 e. The van der Waals surface area contributed by atoms with Crippen molar-refractivity contribution in [2.75, 3.05) is 32.1 Å². The maximum absolute atomic E-state index is 13.5. The number of aryl methyl sites for hydroxylation is 2. The SMILES string of the molecule is Cc1cc(C)c2nc(N(CCN(C)C)C(=O)c3cc4cc([N+](=O)[O-])ccc4s3)sc2c1.Cl. The Morgan fingerprint density at radius 2 is 1.81 bits per heavy atom. The first kappa shape index (κ1) is 24.1. The van der Waals surface area contributed by atoms with Gasteiger partial charge in [0, 0.05) is 35.3 Å². The van der Waals surface area contributed by atoms with E-state index in [4.69, 9.17) is 4.98 Å². The van der Waals surface area contributed by atoms with Crippen LogP contribution in [0.15, 0.2) is 36.4 Å². The van der Waals surface area contributed by atoms with Crippen LogP contribution in [-0.4, -0.2) is 47.9 Å². The maximum Gasteiger partial charge on any atom is 0.270 e. The predicted octanol–water partition coefficient (Wildman–Crippen LogP) is 5.67. The summed E-state index contributed by atoms with van der Waals surface area (Å²) in [6, 6.07) is 10.6. The summed E-state index contributed by atoms with van der Waals surface area (Å²) < 4.78 is 1.90. The molecule has 0 saturated carbocycles. The number of hydrogen-bond acceptors (Lipinski definition) is 7. The summed E-state index contributed by atoms with van der Waals surface area (Å²) >= 11 is 2.86. The van der Waals surface area contributed by atoms with Crippen LogP contribution in [0.1, 0.15) is 20.8 Å². The van der Waals surface area contributed by atoms with E-state index in [0.717, 1.165) is 26.0 Å². The Bertz CT molecular complexity index is 1320. The van der Waals surface area contributed by atoms with Crippen molar-refractivity contribution < 1.29 is 9.72 Å². The Labute approximate surface area is 199 Å². The van der Waals surface area contributed by atoms with Crippen molar-refractivity contribution in [3.05, 3.63) is 62.5 Å². The van der Waals surface area contributed by atoms with Crippen molar-refractivity contribution in [2.24, 2.45) is 0 Å². The highest BCUT2D eigenvalue weighted by Crippen LogP contribution is 2.34. The molecule has 7 nitrogen and oxygen atoms in total. The zero-order valence-corrected chi connectivity index (χ0v) is 20.6. The molecule has 2 aromatic carbocycles. The molecule has 0 unspecified atom stereocenters. The number of halogens is 1. The van der Waals surface area contributed by atoms with E-state index in [9.17, 15) is 14.9 Å². The molecule has 0 aliphatic carbocycles. The Balaban J connectivity index is 0.00000289. The number of nitro groups is 1. The van der Waals surface area contributed by atoms with E-state index in [2.05, 4.69) is 19.1 Å². The van der Waals surface area contributed by atoms with E-state index in [-0.39, 0.29) is 24.0 Å². The summed E-state index contributed by atoms with van der Waals surface area (Å²) in [7, 11) is 3.93. The molecule has 0 saturated heterocycles. The number of likely N-dealkylation sites (N-methyl/N-ethyl adjacent to an activating group) is 1. The second kappa shape index (κ2) is 9.50. The van der Waals surface area contributed by atoms with E-state index in [1.807, 2.05) is 25.9 Å². The van der Waals surface area contributed by atoms with Crippen molar-refractivity contribution in [1.82, 2.24) is 9.88 Å². The number of rotatable bonds is 6. The summed E-state index contributed by atoms with van der Waals surface area (Å²) in [5.74, 6) is -0.140. The first-order chi connectivity index (χ1) is 14.7. The number of anilines is 1. The van der Waals surface area contributed by atoms with Gasteiger partial charge in [0.15, 0.2) is 5.13 Å². The molecule has 10 heteroatoms. The van der Waals surface area contributed by atoms with Crippen LogP contribution in [0.2, 0.25) is 0 Å². The van der Waals surface area contributed by atoms with Gasteiger partial charge in [0.05, 0.1) is 20.0 Å². The fraction of sp³-hybridized carbons (Fsp3) is 0.273. The maximum atomic E-state index is 13.5. The molecule has 0 N–H and O–H groups in total. The molecule has 2 heterocycles. The van der Waals surface area contributed by atoms with Gasteiger partial charge in [0.2, 0.25) is 0 Å². The first-order valence-electron chi connectivity index (χ1n) is 9.75. The Kier molecular flexibility index (Phi) is 7.14. The van der Waals surface area contributed by atoms with E-state index in [1.165, 1.54) is 34.8 Å². The van der Waals surface area contributed by atoms with Gasteiger partial charge >= 0.3 is 0 Å². The third-order valence-corrected chi connectivity index (χ3v) is 7.12. The number of fused-ring (bicyclic) bond motifs is 2. The Hall–Kier alpha value is -2.59. The minimum Gasteiger partial charge on any atom is -0.308 e. The van der Waals surface area contributed by atoms with Crippen molar-refractivity contribution in [2.45, 2.75) is 13.8 Å². The topological polar surface area (TPSA) is 79.6 Å². The molecule has 2 aromatic heterocycles. The molecule has 0 bridgehead atoms. The Morgan fingerprint density at radius 3 is 2.50 bits per heavy atom. The van der Waals surface area contributed by atoms with Gasteiger partial charge in [-0.05, 0) is 57.3 Å². The van der Waals surface area contributed by atoms with Crippen molar-refractivity contribution in [1.29, 1.82) is 0 Å². The van der Waals surface area contributed by atoms with Gasteiger partial charge in [-0.15, -0.1) is 23.7 Å². The van der Waals surface area contributed by atoms with Gasteiger partial charge in [0.1, 0.15) is 0 Å². The molecule has 0 fully saturated rings. The predicted molar refractivity (Wildman–Crippen MR) is 135 cm³/mol. The number of benzene rings is 2. The van der Waals surface area contributed by atoms with Gasteiger partial charge in [0.25, 0.3) is 11.6 Å². The lowest BCUT2D eigenvalue weighted by molar-refractivity contribution is -0.384. The molecular weight excluding hydrogens is 468 g/mol. The normalized spacial score (nSPS) is 11.2. The van der Waals surface area contributed by atoms with Crippen LogP contribution in [0.4, 0.5) is 10.8 Å². The van der Waals surface area contributed by atoms with Crippen LogP contribution in [0.25, 0.3) is 20.3 Å². The second-order valence-electron chi connectivity index (χ2n) is 7.77. The molecule has 0 aliphatic heterocycles. The fourth-order valence-corrected chi connectivity index (χ4v) is 5.60. The standard InChI is InChI=1S/C22H22N4O3S2.ClH/c1-13-9-14(2)20-18(10-13)31-22(23-20)25(8-7-24(3)4)21(27)19-12-15-11-16(26(28)29)5-6-17(15)30-19;/h5-6,9-12H,7-8H2,1-4H3;1H. The number of nitro benzene ring substituents is 1. The molecular formula is C22H23ClN4O3S2. The van der Waals surface area contributed by atoms with E-state index in [0.29, 0.717) is 28.5 Å². The smallest absolute Gasteiger partial charge is 0.270 e. The van der Waals surface area contributed by atoms with E-state index >= 15 is 0 Å². The van der Waals surface area contributed by atoms with Crippen LogP contribution in [-0.2, 0) is 0 Å². The fourth-order valence-electron chi connectivity index (χ4n) is 3.44. The number of carbonyl (C=O) groups is 1. The lowest BCUT2D eigenvalue weighted by atomic mass is 10.1. The summed E-state index contributed by atoms with van der Waals surface area (Å²) in [6.07, 6.45) is 0. The average Bonchev–Trinajstić information content (AvgIpc) is 3.31. The molecule has 0 aliphatic rings. The summed E-state index contributed by atoms with van der Waals surface area (Å²) in [4.78, 5) is 33.3. The molecule has 168 valence electrons. The Morgan fingerprint density at radius 1 is 1.06 bits per heavy atom. The minimum absolute atomic E-state index is 0. The third-order valence-electron chi connectivity index (χ3n) is 4.99. The molecule has 1 amide bonds. The summed E-state index contributed by atoms with van der Waals surface area (Å²) in [6.45, 7) is 5.27. The third kappa shape index (κ3) is 4.75. The summed E-state index contributed by atoms with van der Waals surface area (Å²) in [5.41, 5.74) is 3.19. The van der Waals surface area contributed by atoms with Crippen LogP contribution < -0.4 is 4.90 Å². The number of nitrogens with zero attached hydrogens (tertiary/aromatic N) is 4. The quantitative estimate of drug-likeness (QED) is 0.257. The van der Waals surface area contributed by atoms with Gasteiger partial charge in [-0.1, -0.05) is 17.4 Å². The lowest BCUT2D eigenvalue weighted by Crippen LogP contribution is -2.36. The van der Waals surface area contributed by atoms with Gasteiger partial charge in [-0.3, -0.25) is 19.8 Å². The number of thiophene rings is 1. The van der Waals surface area contributed by atoms with Crippen LogP contribution in [0, 0.1) is 24.0 Å². The molecule has 0 atom stereocenters. The van der Waals surface area contributed by atoms with Gasteiger partial charge < -0.3 is 4.90 Å². The zero-order chi connectivity index (χ0) is 22.3. The van der Waals surface area contributed by atoms with E-state index < -0.39 is 4.92 Å². The number of hydrogen-bond donors (Lipinski definition) is 0. The molecule has 0 radical (unpaired) electrons. The highest BCUT2D eigenvalue weighted by atomic mass is 35.5. The number of amides is 1. The first-order valence-corrected chi connectivity index (χ1v) is 11.4. The van der Waals surface area contributed by atoms with E-state index in [1.54, 1.807) is 17.0 Å². The van der Waals surface area contributed by atoms with Gasteiger partial charge in [-0.2, -0.15) is 0 Å². The number of thiazole rings is 1. The van der Waals surface area contributed by atoms with Gasteiger partial charge in [-0.25, -0.2) is 4.98 Å². The van der Waals surface area contributed by atoms with Crippen LogP contribution in [0.5, 0.6) is 0 Å². The highest BCUT2D eigenvalue weighted by Gasteiger charge is 2.24. The lowest BCUT2D eigenvalue weighted by Gasteiger charge is -2.21. The molecule has 4 aromatic rings. The van der Waals surface area contributed by atoms with Crippen molar-refractivity contribution >= 4 is 72.1 Å². The number of non-ortho nitro benzene ring substituents is 1. The van der Waals surface area contributed by atoms with Crippen molar-refractivity contribution in [3.63, 3.8) is 0 Å². The molecule has 4 rings (SSSR count). The average molecular weight is 491 g/mol. The van der Waals surface area contributed by atoms with Crippen molar-refractivity contribution in [3.8, 4) is 0 Å². The minimum atomic E-state index is -0.423. The molecule has 32 heavy (non-hydrogen) atoms. The zero-order valence-electron chi connectivity index (χ0n) is 18.1. The number of aromatic nitrogens is 1. The summed E-state index contributed by atoms with van der Waals surface area (Å²) in [5, 5.41) is 12.5. The molecule has 0 spiro atoms. The van der Waals surface area contributed by atoms with Crippen LogP contribution in [0.3, 0.4) is 0 Å².